The normalized spacial score (nSPS) is 12.2. The van der Waals surface area contributed by atoms with Gasteiger partial charge in [0.05, 0.1) is 4.90 Å². The first-order valence-corrected chi connectivity index (χ1v) is 6.45. The van der Waals surface area contributed by atoms with Crippen molar-refractivity contribution in [2.24, 2.45) is 0 Å². The molecule has 2 rings (SSSR count). The Bertz CT molecular complexity index is 617. The number of hydrogen-bond donors (Lipinski definition) is 1. The van der Waals surface area contributed by atoms with E-state index in [0.29, 0.717) is 11.6 Å². The summed E-state index contributed by atoms with van der Waals surface area (Å²) in [5, 5.41) is 0. The first-order valence-electron chi connectivity index (χ1n) is 5.34. The van der Waals surface area contributed by atoms with Gasteiger partial charge in [-0.1, -0.05) is 18.2 Å². The van der Waals surface area contributed by atoms with Gasteiger partial charge in [-0.25, -0.2) is 13.0 Å². The molecule has 2 aromatic rings. The SMILES string of the molecule is O=S(O)c1ccccc1COc1ccc(F)cc1F. The summed E-state index contributed by atoms with van der Waals surface area (Å²) >= 11 is -2.14. The van der Waals surface area contributed by atoms with Crippen LogP contribution in [0.4, 0.5) is 8.78 Å². The van der Waals surface area contributed by atoms with Crippen molar-refractivity contribution in [1.29, 1.82) is 0 Å². The molecule has 2 aromatic carbocycles. The summed E-state index contributed by atoms with van der Waals surface area (Å²) in [5.74, 6) is -1.62. The second kappa shape index (κ2) is 5.90. The topological polar surface area (TPSA) is 46.5 Å². The third-order valence-corrected chi connectivity index (χ3v) is 3.21. The standard InChI is InChI=1S/C13H10F2O3S/c14-10-5-6-12(11(15)7-10)18-8-9-3-1-2-4-13(9)19(16)17/h1-7H,8H2,(H,16,17). The van der Waals surface area contributed by atoms with Crippen LogP contribution >= 0.6 is 0 Å². The first-order chi connectivity index (χ1) is 9.08. The largest absolute Gasteiger partial charge is 0.486 e. The second-order valence-electron chi connectivity index (χ2n) is 3.72. The van der Waals surface area contributed by atoms with Gasteiger partial charge >= 0.3 is 0 Å². The highest BCUT2D eigenvalue weighted by molar-refractivity contribution is 7.79. The third kappa shape index (κ3) is 3.36. The van der Waals surface area contributed by atoms with Crippen molar-refractivity contribution in [3.8, 4) is 5.75 Å². The minimum Gasteiger partial charge on any atom is -0.486 e. The highest BCUT2D eigenvalue weighted by Crippen LogP contribution is 2.20. The molecule has 0 aliphatic rings. The molecular weight excluding hydrogens is 274 g/mol. The fraction of sp³-hybridized carbons (Fsp3) is 0.0769. The molecular formula is C13H10F2O3S. The monoisotopic (exact) mass is 284 g/mol. The van der Waals surface area contributed by atoms with Crippen molar-refractivity contribution in [2.75, 3.05) is 0 Å². The van der Waals surface area contributed by atoms with Gasteiger partial charge in [-0.3, -0.25) is 0 Å². The number of halogens is 2. The number of benzene rings is 2. The van der Waals surface area contributed by atoms with E-state index in [-0.39, 0.29) is 17.3 Å². The minimum absolute atomic E-state index is 0.0783. The van der Waals surface area contributed by atoms with Crippen LogP contribution in [0.3, 0.4) is 0 Å². The van der Waals surface area contributed by atoms with E-state index in [1.165, 1.54) is 12.1 Å². The lowest BCUT2D eigenvalue weighted by Gasteiger charge is -2.09. The molecule has 0 saturated carbocycles. The quantitative estimate of drug-likeness (QED) is 0.877. The van der Waals surface area contributed by atoms with Gasteiger partial charge in [-0.2, -0.15) is 0 Å². The summed E-state index contributed by atoms with van der Waals surface area (Å²) in [4.78, 5) is 0.199. The molecule has 0 aliphatic heterocycles. The molecule has 0 radical (unpaired) electrons. The zero-order chi connectivity index (χ0) is 13.8. The molecule has 3 nitrogen and oxygen atoms in total. The Hall–Kier alpha value is -1.79. The Labute approximate surface area is 111 Å². The van der Waals surface area contributed by atoms with Gasteiger partial charge in [0.1, 0.15) is 12.4 Å². The van der Waals surface area contributed by atoms with Crippen molar-refractivity contribution < 1.29 is 22.3 Å². The summed E-state index contributed by atoms with van der Waals surface area (Å²) in [7, 11) is 0. The Morgan fingerprint density at radius 1 is 1.16 bits per heavy atom. The zero-order valence-corrected chi connectivity index (χ0v) is 10.5. The van der Waals surface area contributed by atoms with Crippen LogP contribution in [-0.2, 0) is 17.7 Å². The van der Waals surface area contributed by atoms with Crippen LogP contribution < -0.4 is 4.74 Å². The highest BCUT2D eigenvalue weighted by atomic mass is 32.2. The Balaban J connectivity index is 2.17. The van der Waals surface area contributed by atoms with Crippen LogP contribution in [-0.4, -0.2) is 8.76 Å². The minimum atomic E-state index is -2.14. The average molecular weight is 284 g/mol. The van der Waals surface area contributed by atoms with E-state index in [2.05, 4.69) is 0 Å². The molecule has 0 amide bonds. The summed E-state index contributed by atoms with van der Waals surface area (Å²) in [5.41, 5.74) is 0.465. The highest BCUT2D eigenvalue weighted by Gasteiger charge is 2.09. The lowest BCUT2D eigenvalue weighted by molar-refractivity contribution is 0.286. The van der Waals surface area contributed by atoms with Crippen LogP contribution in [0.2, 0.25) is 0 Å². The van der Waals surface area contributed by atoms with Gasteiger partial charge in [0.25, 0.3) is 0 Å². The lowest BCUT2D eigenvalue weighted by Crippen LogP contribution is -2.02. The predicted octanol–water partition coefficient (Wildman–Crippen LogP) is 3.12. The lowest BCUT2D eigenvalue weighted by atomic mass is 10.2. The van der Waals surface area contributed by atoms with E-state index >= 15 is 0 Å². The van der Waals surface area contributed by atoms with Crippen molar-refractivity contribution >= 4 is 11.1 Å². The molecule has 6 heteroatoms. The van der Waals surface area contributed by atoms with Crippen molar-refractivity contribution in [3.63, 3.8) is 0 Å². The van der Waals surface area contributed by atoms with Crippen LogP contribution in [0.15, 0.2) is 47.4 Å². The molecule has 19 heavy (non-hydrogen) atoms. The Kier molecular flexibility index (Phi) is 4.24. The van der Waals surface area contributed by atoms with E-state index in [0.717, 1.165) is 6.07 Å². The van der Waals surface area contributed by atoms with Gasteiger partial charge in [0, 0.05) is 11.6 Å². The summed E-state index contributed by atoms with van der Waals surface area (Å²) in [6, 6.07) is 9.34. The summed E-state index contributed by atoms with van der Waals surface area (Å²) < 4.78 is 51.4. The Morgan fingerprint density at radius 2 is 1.89 bits per heavy atom. The van der Waals surface area contributed by atoms with Gasteiger partial charge in [0.2, 0.25) is 0 Å². The van der Waals surface area contributed by atoms with Crippen molar-refractivity contribution in [2.45, 2.75) is 11.5 Å². The van der Waals surface area contributed by atoms with E-state index in [1.54, 1.807) is 18.2 Å². The van der Waals surface area contributed by atoms with Gasteiger partial charge in [-0.05, 0) is 18.2 Å². The van der Waals surface area contributed by atoms with E-state index in [4.69, 9.17) is 9.29 Å². The molecule has 0 fully saturated rings. The maximum absolute atomic E-state index is 13.3. The summed E-state index contributed by atoms with van der Waals surface area (Å²) in [6.07, 6.45) is 0. The molecule has 0 aromatic heterocycles. The molecule has 0 bridgehead atoms. The Morgan fingerprint density at radius 3 is 2.58 bits per heavy atom. The molecule has 1 N–H and O–H groups in total. The van der Waals surface area contributed by atoms with Crippen LogP contribution in [0.1, 0.15) is 5.56 Å². The molecule has 100 valence electrons. The maximum atomic E-state index is 13.3. The predicted molar refractivity (Wildman–Crippen MR) is 66.2 cm³/mol. The number of hydrogen-bond acceptors (Lipinski definition) is 2. The average Bonchev–Trinajstić information content (AvgIpc) is 2.38. The van der Waals surface area contributed by atoms with Crippen molar-refractivity contribution in [3.05, 3.63) is 59.7 Å². The first kappa shape index (κ1) is 13.6. The third-order valence-electron chi connectivity index (χ3n) is 2.44. The number of rotatable bonds is 4. The van der Waals surface area contributed by atoms with Crippen LogP contribution in [0.25, 0.3) is 0 Å². The zero-order valence-electron chi connectivity index (χ0n) is 9.68. The molecule has 0 spiro atoms. The molecule has 1 atom stereocenters. The molecule has 0 heterocycles. The number of ether oxygens (including phenoxy) is 1. The van der Waals surface area contributed by atoms with Gasteiger partial charge in [0.15, 0.2) is 22.6 Å². The molecule has 0 aliphatic carbocycles. The van der Waals surface area contributed by atoms with E-state index in [1.807, 2.05) is 0 Å². The summed E-state index contributed by atoms with van der Waals surface area (Å²) in [6.45, 7) is -0.0783. The van der Waals surface area contributed by atoms with Crippen LogP contribution in [0.5, 0.6) is 5.75 Å². The van der Waals surface area contributed by atoms with Gasteiger partial charge < -0.3 is 9.29 Å². The molecule has 1 unspecified atom stereocenters. The van der Waals surface area contributed by atoms with Gasteiger partial charge in [-0.15, -0.1) is 0 Å². The van der Waals surface area contributed by atoms with E-state index < -0.39 is 22.7 Å². The molecule has 0 saturated heterocycles. The smallest absolute Gasteiger partial charge is 0.186 e. The fourth-order valence-corrected chi connectivity index (χ4v) is 2.09. The second-order valence-corrected chi connectivity index (χ2v) is 4.66. The van der Waals surface area contributed by atoms with Crippen molar-refractivity contribution in [1.82, 2.24) is 0 Å². The fourth-order valence-electron chi connectivity index (χ4n) is 1.54. The maximum Gasteiger partial charge on any atom is 0.186 e. The van der Waals surface area contributed by atoms with Crippen LogP contribution in [0, 0.1) is 11.6 Å². The van der Waals surface area contributed by atoms with E-state index in [9.17, 15) is 13.0 Å².